The first-order valence-corrected chi connectivity index (χ1v) is 12.2. The fraction of sp³-hybridized carbons (Fsp3) is 0.391. The Hall–Kier alpha value is -2.62. The molecule has 0 unspecified atom stereocenters. The van der Waals surface area contributed by atoms with E-state index in [2.05, 4.69) is 10.1 Å². The van der Waals surface area contributed by atoms with E-state index in [0.717, 1.165) is 32.5 Å². The summed E-state index contributed by atoms with van der Waals surface area (Å²) in [6.07, 6.45) is 2.09. The van der Waals surface area contributed by atoms with Gasteiger partial charge in [-0.25, -0.2) is 12.8 Å². The molecule has 170 valence electrons. The van der Waals surface area contributed by atoms with Crippen molar-refractivity contribution in [2.45, 2.75) is 24.2 Å². The van der Waals surface area contributed by atoms with Crippen LogP contribution in [0.4, 0.5) is 4.39 Å². The highest BCUT2D eigenvalue weighted by molar-refractivity contribution is 7.89. The number of rotatable bonds is 6. The summed E-state index contributed by atoms with van der Waals surface area (Å²) >= 11 is 0. The van der Waals surface area contributed by atoms with Gasteiger partial charge in [-0.05, 0) is 69.2 Å². The molecule has 32 heavy (non-hydrogen) atoms. The van der Waals surface area contributed by atoms with E-state index in [4.69, 9.17) is 0 Å². The number of halogens is 1. The summed E-state index contributed by atoms with van der Waals surface area (Å²) in [5.74, 6) is -0.370. The molecule has 7 nitrogen and oxygen atoms in total. The third kappa shape index (κ3) is 4.60. The number of fused-ring (bicyclic) bond motifs is 1. The highest BCUT2D eigenvalue weighted by atomic mass is 32.2. The SMILES string of the molecule is O=C(c1ccc(F)cc1)C1CCN(CCCN2C/C(=N\O)c3ccccc3S2(=O)=O)CC1. The monoisotopic (exact) mass is 459 g/mol. The first kappa shape index (κ1) is 22.6. The van der Waals surface area contributed by atoms with E-state index in [1.807, 2.05) is 0 Å². The molecule has 9 heteroatoms. The van der Waals surface area contributed by atoms with Crippen molar-refractivity contribution in [1.82, 2.24) is 9.21 Å². The molecule has 0 aliphatic carbocycles. The van der Waals surface area contributed by atoms with Gasteiger partial charge in [0.2, 0.25) is 10.0 Å². The lowest BCUT2D eigenvalue weighted by molar-refractivity contribution is 0.0838. The third-order valence-electron chi connectivity index (χ3n) is 6.23. The maximum atomic E-state index is 13.1. The summed E-state index contributed by atoms with van der Waals surface area (Å²) in [5, 5.41) is 12.6. The summed E-state index contributed by atoms with van der Waals surface area (Å²) in [6.45, 7) is 2.61. The van der Waals surface area contributed by atoms with Gasteiger partial charge in [0, 0.05) is 23.6 Å². The Morgan fingerprint density at radius 1 is 1.06 bits per heavy atom. The summed E-state index contributed by atoms with van der Waals surface area (Å²) in [7, 11) is -3.63. The van der Waals surface area contributed by atoms with Crippen LogP contribution in [-0.2, 0) is 10.0 Å². The van der Waals surface area contributed by atoms with Crippen molar-refractivity contribution in [3.63, 3.8) is 0 Å². The fourth-order valence-corrected chi connectivity index (χ4v) is 6.08. The number of oxime groups is 1. The van der Waals surface area contributed by atoms with Crippen molar-refractivity contribution in [3.05, 3.63) is 65.5 Å². The van der Waals surface area contributed by atoms with Crippen LogP contribution in [0, 0.1) is 11.7 Å². The summed E-state index contributed by atoms with van der Waals surface area (Å²) in [4.78, 5) is 15.0. The van der Waals surface area contributed by atoms with Crippen LogP contribution in [0.15, 0.2) is 58.6 Å². The number of nitrogens with zero attached hydrogens (tertiary/aromatic N) is 3. The van der Waals surface area contributed by atoms with E-state index >= 15 is 0 Å². The second-order valence-corrected chi connectivity index (χ2v) is 10.1. The molecular weight excluding hydrogens is 433 g/mol. The van der Waals surface area contributed by atoms with Crippen molar-refractivity contribution >= 4 is 21.5 Å². The number of carbonyl (C=O) groups is 1. The number of ketones is 1. The molecule has 2 aliphatic heterocycles. The van der Waals surface area contributed by atoms with Gasteiger partial charge in [0.15, 0.2) is 5.78 Å². The molecule has 0 radical (unpaired) electrons. The van der Waals surface area contributed by atoms with Gasteiger partial charge in [-0.2, -0.15) is 4.31 Å². The average Bonchev–Trinajstić information content (AvgIpc) is 2.81. The minimum absolute atomic E-state index is 0.0457. The van der Waals surface area contributed by atoms with Crippen molar-refractivity contribution in [2.24, 2.45) is 11.1 Å². The van der Waals surface area contributed by atoms with Crippen LogP contribution in [0.5, 0.6) is 0 Å². The Morgan fingerprint density at radius 2 is 1.75 bits per heavy atom. The van der Waals surface area contributed by atoms with Gasteiger partial charge < -0.3 is 10.1 Å². The van der Waals surface area contributed by atoms with E-state index < -0.39 is 10.0 Å². The van der Waals surface area contributed by atoms with Crippen LogP contribution < -0.4 is 0 Å². The molecular formula is C23H26FN3O4S. The predicted molar refractivity (Wildman–Crippen MR) is 118 cm³/mol. The molecule has 0 saturated carbocycles. The van der Waals surface area contributed by atoms with Gasteiger partial charge >= 0.3 is 0 Å². The van der Waals surface area contributed by atoms with E-state index in [9.17, 15) is 22.8 Å². The number of carbonyl (C=O) groups excluding carboxylic acids is 1. The molecule has 1 N–H and O–H groups in total. The maximum Gasteiger partial charge on any atom is 0.244 e. The molecule has 0 atom stereocenters. The quantitative estimate of drug-likeness (QED) is 0.408. The topological polar surface area (TPSA) is 90.3 Å². The largest absolute Gasteiger partial charge is 0.411 e. The van der Waals surface area contributed by atoms with Gasteiger partial charge in [0.1, 0.15) is 11.5 Å². The van der Waals surface area contributed by atoms with Gasteiger partial charge in [0.25, 0.3) is 0 Å². The second kappa shape index (κ2) is 9.48. The van der Waals surface area contributed by atoms with Gasteiger partial charge in [-0.3, -0.25) is 4.79 Å². The number of sulfonamides is 1. The predicted octanol–water partition coefficient (Wildman–Crippen LogP) is 2.99. The highest BCUT2D eigenvalue weighted by Gasteiger charge is 2.35. The van der Waals surface area contributed by atoms with Crippen molar-refractivity contribution in [3.8, 4) is 0 Å². The Labute approximate surface area is 187 Å². The van der Waals surface area contributed by atoms with Crippen molar-refractivity contribution in [1.29, 1.82) is 0 Å². The van der Waals surface area contributed by atoms with E-state index in [-0.39, 0.29) is 29.0 Å². The molecule has 0 aromatic heterocycles. The van der Waals surface area contributed by atoms with Crippen LogP contribution >= 0.6 is 0 Å². The molecule has 2 aliphatic rings. The molecule has 2 aromatic carbocycles. The van der Waals surface area contributed by atoms with Crippen LogP contribution in [0.1, 0.15) is 35.2 Å². The molecule has 2 heterocycles. The first-order valence-electron chi connectivity index (χ1n) is 10.7. The lowest BCUT2D eigenvalue weighted by Crippen LogP contribution is -2.43. The van der Waals surface area contributed by atoms with Gasteiger partial charge in [0.05, 0.1) is 11.4 Å². The van der Waals surface area contributed by atoms with E-state index in [1.54, 1.807) is 18.2 Å². The number of Topliss-reactive ketones (excluding diaryl/α,β-unsaturated/α-hetero) is 1. The zero-order valence-electron chi connectivity index (χ0n) is 17.7. The molecule has 2 aromatic rings. The van der Waals surface area contributed by atoms with Crippen LogP contribution in [-0.4, -0.2) is 67.0 Å². The Balaban J connectivity index is 1.29. The minimum atomic E-state index is -3.63. The maximum absolute atomic E-state index is 13.1. The molecule has 1 saturated heterocycles. The lowest BCUT2D eigenvalue weighted by Gasteiger charge is -2.32. The number of piperidine rings is 1. The summed E-state index contributed by atoms with van der Waals surface area (Å²) < 4.78 is 40.3. The zero-order valence-corrected chi connectivity index (χ0v) is 18.5. The summed E-state index contributed by atoms with van der Waals surface area (Å²) in [5.41, 5.74) is 1.33. The third-order valence-corrected chi connectivity index (χ3v) is 8.13. The van der Waals surface area contributed by atoms with E-state index in [1.165, 1.54) is 34.6 Å². The normalized spacial score (nSPS) is 20.8. The number of benzene rings is 2. The molecule has 4 rings (SSSR count). The minimum Gasteiger partial charge on any atom is -0.411 e. The second-order valence-electron chi connectivity index (χ2n) is 8.22. The molecule has 1 fully saturated rings. The number of hydrogen-bond donors (Lipinski definition) is 1. The number of hydrogen-bond acceptors (Lipinski definition) is 6. The van der Waals surface area contributed by atoms with Gasteiger partial charge in [-0.15, -0.1) is 0 Å². The Morgan fingerprint density at radius 3 is 2.44 bits per heavy atom. The smallest absolute Gasteiger partial charge is 0.244 e. The van der Waals surface area contributed by atoms with Crippen LogP contribution in [0.2, 0.25) is 0 Å². The van der Waals surface area contributed by atoms with Crippen molar-refractivity contribution < 1.29 is 22.8 Å². The van der Waals surface area contributed by atoms with E-state index in [0.29, 0.717) is 29.8 Å². The first-order chi connectivity index (χ1) is 15.4. The molecule has 0 amide bonds. The van der Waals surface area contributed by atoms with Gasteiger partial charge in [-0.1, -0.05) is 23.4 Å². The molecule has 0 bridgehead atoms. The number of likely N-dealkylation sites (tertiary alicyclic amines) is 1. The Kier molecular flexibility index (Phi) is 6.68. The standard InChI is InChI=1S/C23H26FN3O4S/c24-19-8-6-17(7-9-19)23(28)18-10-14-26(15-11-18)12-3-13-27-16-21(25-29)20-4-1-2-5-22(20)32(27,30)31/h1-2,4-9,18,29H,3,10-16H2/b25-21+. The zero-order chi connectivity index (χ0) is 22.7. The van der Waals surface area contributed by atoms with Crippen LogP contribution in [0.25, 0.3) is 0 Å². The van der Waals surface area contributed by atoms with Crippen molar-refractivity contribution in [2.75, 3.05) is 32.7 Å². The fourth-order valence-electron chi connectivity index (χ4n) is 4.43. The average molecular weight is 460 g/mol. The van der Waals surface area contributed by atoms with Crippen LogP contribution in [0.3, 0.4) is 0 Å². The Bertz CT molecular complexity index is 1110. The molecule has 0 spiro atoms. The summed E-state index contributed by atoms with van der Waals surface area (Å²) in [6, 6.07) is 12.2. The highest BCUT2D eigenvalue weighted by Crippen LogP contribution is 2.27. The lowest BCUT2D eigenvalue weighted by atomic mass is 9.89.